The molecule has 3 heteroatoms. The minimum Gasteiger partial charge on any atom is -0.481 e. The van der Waals surface area contributed by atoms with Gasteiger partial charge in [-0.25, -0.2) is 0 Å². The summed E-state index contributed by atoms with van der Waals surface area (Å²) < 4.78 is 0. The van der Waals surface area contributed by atoms with Crippen molar-refractivity contribution in [3.63, 3.8) is 0 Å². The summed E-state index contributed by atoms with van der Waals surface area (Å²) in [5, 5.41) is 9.96. The second-order valence-corrected chi connectivity index (χ2v) is 4.00. The zero-order valence-electron chi connectivity index (χ0n) is 9.50. The molecule has 0 fully saturated rings. The molecule has 3 nitrogen and oxygen atoms in total. The Morgan fingerprint density at radius 1 is 1.44 bits per heavy atom. The number of carboxylic acid groups (broad SMARTS) is 1. The number of carboxylic acids is 1. The summed E-state index contributed by atoms with van der Waals surface area (Å²) in [5.41, 5.74) is 4.18. The molecule has 0 aliphatic heterocycles. The maximum atomic E-state index is 10.8. The van der Waals surface area contributed by atoms with E-state index in [1.807, 2.05) is 32.0 Å². The number of fused-ring (bicyclic) bond motifs is 1. The van der Waals surface area contributed by atoms with Gasteiger partial charge in [-0.15, -0.1) is 0 Å². The van der Waals surface area contributed by atoms with E-state index in [9.17, 15) is 4.79 Å². The number of hydrogen-bond acceptors (Lipinski definition) is 1. The lowest BCUT2D eigenvalue weighted by molar-refractivity contribution is -0.136. The van der Waals surface area contributed by atoms with Crippen molar-refractivity contribution in [2.75, 3.05) is 0 Å². The zero-order chi connectivity index (χ0) is 11.7. The van der Waals surface area contributed by atoms with E-state index in [1.54, 1.807) is 0 Å². The van der Waals surface area contributed by atoms with Crippen LogP contribution >= 0.6 is 0 Å². The Kier molecular flexibility index (Phi) is 2.69. The molecule has 0 saturated heterocycles. The highest BCUT2D eigenvalue weighted by Gasteiger charge is 2.13. The molecule has 0 saturated carbocycles. The largest absolute Gasteiger partial charge is 0.481 e. The molecule has 0 radical (unpaired) electrons. The molecule has 16 heavy (non-hydrogen) atoms. The molecular formula is C13H15NO2. The van der Waals surface area contributed by atoms with Crippen molar-refractivity contribution in [3.8, 4) is 0 Å². The van der Waals surface area contributed by atoms with Gasteiger partial charge in [0.05, 0.1) is 6.42 Å². The van der Waals surface area contributed by atoms with Crippen molar-refractivity contribution < 1.29 is 9.90 Å². The third kappa shape index (κ3) is 1.69. The molecule has 0 atom stereocenters. The summed E-state index contributed by atoms with van der Waals surface area (Å²) in [6.45, 7) is 4.06. The molecule has 2 aromatic rings. The van der Waals surface area contributed by atoms with Gasteiger partial charge in [0.25, 0.3) is 0 Å². The van der Waals surface area contributed by atoms with Crippen LogP contribution in [0.3, 0.4) is 0 Å². The van der Waals surface area contributed by atoms with Gasteiger partial charge in [0.15, 0.2) is 0 Å². The minimum atomic E-state index is -0.780. The number of rotatable bonds is 3. The lowest BCUT2D eigenvalue weighted by Crippen LogP contribution is -2.01. The fourth-order valence-electron chi connectivity index (χ4n) is 2.13. The Morgan fingerprint density at radius 3 is 2.81 bits per heavy atom. The molecule has 1 aromatic carbocycles. The predicted molar refractivity (Wildman–Crippen MR) is 63.8 cm³/mol. The summed E-state index contributed by atoms with van der Waals surface area (Å²) in [7, 11) is 0. The van der Waals surface area contributed by atoms with Gasteiger partial charge < -0.3 is 10.1 Å². The van der Waals surface area contributed by atoms with E-state index < -0.39 is 5.97 Å². The molecule has 0 spiro atoms. The molecule has 2 N–H and O–H groups in total. The molecular weight excluding hydrogens is 202 g/mol. The Labute approximate surface area is 94.1 Å². The fraction of sp³-hybridized carbons (Fsp3) is 0.308. The monoisotopic (exact) mass is 217 g/mol. The van der Waals surface area contributed by atoms with Crippen LogP contribution in [0.4, 0.5) is 0 Å². The van der Waals surface area contributed by atoms with Crippen LogP contribution in [-0.2, 0) is 17.6 Å². The number of aromatic amines is 1. The second-order valence-electron chi connectivity index (χ2n) is 4.00. The highest BCUT2D eigenvalue weighted by atomic mass is 16.4. The van der Waals surface area contributed by atoms with Crippen molar-refractivity contribution in [1.82, 2.24) is 4.98 Å². The van der Waals surface area contributed by atoms with E-state index in [0.717, 1.165) is 34.1 Å². The number of aliphatic carboxylic acids is 1. The zero-order valence-corrected chi connectivity index (χ0v) is 9.50. The first kappa shape index (κ1) is 10.7. The molecule has 0 amide bonds. The van der Waals surface area contributed by atoms with Crippen LogP contribution in [0.25, 0.3) is 10.9 Å². The van der Waals surface area contributed by atoms with Gasteiger partial charge in [0.2, 0.25) is 0 Å². The molecule has 2 rings (SSSR count). The Morgan fingerprint density at radius 2 is 2.19 bits per heavy atom. The van der Waals surface area contributed by atoms with Crippen LogP contribution in [0.5, 0.6) is 0 Å². The van der Waals surface area contributed by atoms with E-state index >= 15 is 0 Å². The van der Waals surface area contributed by atoms with Crippen molar-refractivity contribution in [2.24, 2.45) is 0 Å². The number of nitrogens with one attached hydrogen (secondary N) is 1. The summed E-state index contributed by atoms with van der Waals surface area (Å²) in [5.74, 6) is -0.780. The number of carbonyl (C=O) groups is 1. The summed E-state index contributed by atoms with van der Waals surface area (Å²) in [6, 6.07) is 5.98. The average molecular weight is 217 g/mol. The lowest BCUT2D eigenvalue weighted by atomic mass is 10.0. The quantitative estimate of drug-likeness (QED) is 0.830. The maximum absolute atomic E-state index is 10.8. The van der Waals surface area contributed by atoms with E-state index in [4.69, 9.17) is 5.11 Å². The van der Waals surface area contributed by atoms with E-state index in [-0.39, 0.29) is 6.42 Å². The number of aryl methyl sites for hydroxylation is 2. The normalized spacial score (nSPS) is 10.9. The third-order valence-corrected chi connectivity index (χ3v) is 2.92. The first-order valence-electron chi connectivity index (χ1n) is 5.44. The minimum absolute atomic E-state index is 0.0899. The van der Waals surface area contributed by atoms with Crippen LogP contribution in [0.2, 0.25) is 0 Å². The van der Waals surface area contributed by atoms with Gasteiger partial charge in [-0.2, -0.15) is 0 Å². The number of aromatic nitrogens is 1. The Balaban J connectivity index is 2.68. The highest BCUT2D eigenvalue weighted by molar-refractivity contribution is 5.90. The van der Waals surface area contributed by atoms with Crippen molar-refractivity contribution in [3.05, 3.63) is 35.0 Å². The maximum Gasteiger partial charge on any atom is 0.307 e. The van der Waals surface area contributed by atoms with E-state index in [1.165, 1.54) is 0 Å². The summed E-state index contributed by atoms with van der Waals surface area (Å²) in [4.78, 5) is 14.2. The fourth-order valence-corrected chi connectivity index (χ4v) is 2.13. The molecule has 1 aromatic heterocycles. The van der Waals surface area contributed by atoms with Crippen molar-refractivity contribution in [2.45, 2.75) is 26.7 Å². The lowest BCUT2D eigenvalue weighted by Gasteiger charge is -1.98. The van der Waals surface area contributed by atoms with Crippen molar-refractivity contribution in [1.29, 1.82) is 0 Å². The third-order valence-electron chi connectivity index (χ3n) is 2.92. The van der Waals surface area contributed by atoms with Gasteiger partial charge >= 0.3 is 5.97 Å². The van der Waals surface area contributed by atoms with Crippen molar-refractivity contribution >= 4 is 16.9 Å². The second kappa shape index (κ2) is 4.00. The molecule has 0 aliphatic carbocycles. The van der Waals surface area contributed by atoms with Gasteiger partial charge in [-0.05, 0) is 24.5 Å². The number of hydrogen-bond donors (Lipinski definition) is 2. The molecule has 0 unspecified atom stereocenters. The highest BCUT2D eigenvalue weighted by Crippen LogP contribution is 2.25. The number of para-hydroxylation sites is 1. The first-order valence-corrected chi connectivity index (χ1v) is 5.44. The Hall–Kier alpha value is -1.77. The SMILES string of the molecule is CCc1[nH]c2c(C)cccc2c1CC(=O)O. The van der Waals surface area contributed by atoms with Crippen LogP contribution in [0, 0.1) is 6.92 Å². The van der Waals surface area contributed by atoms with E-state index in [0.29, 0.717) is 0 Å². The average Bonchev–Trinajstić information content (AvgIpc) is 2.58. The van der Waals surface area contributed by atoms with Gasteiger partial charge in [0, 0.05) is 16.6 Å². The van der Waals surface area contributed by atoms with Gasteiger partial charge in [-0.3, -0.25) is 4.79 Å². The summed E-state index contributed by atoms with van der Waals surface area (Å²) >= 11 is 0. The standard InChI is InChI=1S/C13H15NO2/c1-3-11-10(7-12(15)16)9-6-4-5-8(2)13(9)14-11/h4-6,14H,3,7H2,1-2H3,(H,15,16). The number of benzene rings is 1. The molecule has 0 bridgehead atoms. The van der Waals surface area contributed by atoms with E-state index in [2.05, 4.69) is 4.98 Å². The van der Waals surface area contributed by atoms with Crippen LogP contribution in [-0.4, -0.2) is 16.1 Å². The smallest absolute Gasteiger partial charge is 0.307 e. The first-order chi connectivity index (χ1) is 7.63. The molecule has 1 heterocycles. The van der Waals surface area contributed by atoms with Gasteiger partial charge in [0.1, 0.15) is 0 Å². The van der Waals surface area contributed by atoms with Gasteiger partial charge in [-0.1, -0.05) is 25.1 Å². The topological polar surface area (TPSA) is 53.1 Å². The Bertz CT molecular complexity index is 540. The number of H-pyrrole nitrogens is 1. The summed E-state index contributed by atoms with van der Waals surface area (Å²) in [6.07, 6.45) is 0.920. The molecule has 0 aliphatic rings. The molecule has 84 valence electrons. The van der Waals surface area contributed by atoms with Crippen LogP contribution in [0.15, 0.2) is 18.2 Å². The predicted octanol–water partition coefficient (Wildman–Crippen LogP) is 2.67. The van der Waals surface area contributed by atoms with Crippen LogP contribution < -0.4 is 0 Å². The van der Waals surface area contributed by atoms with Crippen LogP contribution in [0.1, 0.15) is 23.7 Å².